The number of amides is 2. The molecule has 144 valence electrons. The van der Waals surface area contributed by atoms with E-state index in [-0.39, 0.29) is 17.9 Å². The van der Waals surface area contributed by atoms with Crippen LogP contribution in [0.15, 0.2) is 59.2 Å². The lowest BCUT2D eigenvalue weighted by atomic mass is 9.77. The number of hydrogen-bond donors (Lipinski definition) is 1. The molecule has 7 heteroatoms. The fraction of sp³-hybridized carbons (Fsp3) is 0.333. The number of nitrogens with zero attached hydrogens (tertiary/aromatic N) is 1. The fourth-order valence-electron chi connectivity index (χ4n) is 4.53. The van der Waals surface area contributed by atoms with E-state index in [2.05, 4.69) is 5.32 Å². The average Bonchev–Trinajstić information content (AvgIpc) is 3.45. The van der Waals surface area contributed by atoms with Crippen LogP contribution in [0.5, 0.6) is 5.75 Å². The second-order valence-electron chi connectivity index (χ2n) is 7.39. The van der Waals surface area contributed by atoms with Crippen LogP contribution in [0.1, 0.15) is 5.76 Å². The Morgan fingerprint density at radius 3 is 3.04 bits per heavy atom. The number of carbonyl (C=O) groups is 2. The number of likely N-dealkylation sites (tertiary alicyclic amines) is 1. The van der Waals surface area contributed by atoms with E-state index in [1.54, 1.807) is 48.6 Å². The van der Waals surface area contributed by atoms with Gasteiger partial charge in [-0.1, -0.05) is 18.2 Å². The largest absolute Gasteiger partial charge is 0.497 e. The summed E-state index contributed by atoms with van der Waals surface area (Å²) in [5.74, 6) is -0.0225. The van der Waals surface area contributed by atoms with Crippen LogP contribution in [0.4, 0.5) is 5.69 Å². The molecule has 5 rings (SSSR count). The van der Waals surface area contributed by atoms with E-state index >= 15 is 0 Å². The molecular formula is C21H20N2O5. The van der Waals surface area contributed by atoms with E-state index in [4.69, 9.17) is 13.9 Å². The maximum atomic E-state index is 13.1. The van der Waals surface area contributed by atoms with Gasteiger partial charge in [-0.2, -0.15) is 0 Å². The highest BCUT2D eigenvalue weighted by molar-refractivity contribution is 5.99. The Balaban J connectivity index is 1.38. The minimum absolute atomic E-state index is 0.0750. The summed E-state index contributed by atoms with van der Waals surface area (Å²) >= 11 is 0. The van der Waals surface area contributed by atoms with Crippen molar-refractivity contribution in [1.29, 1.82) is 0 Å². The SMILES string of the molecule is COc1cccc(NC(=O)[C@@H]2[C@@H]3C=C[C@]4(CN(Cc5ccco5)C(=O)[C@H]24)O3)c1. The van der Waals surface area contributed by atoms with Gasteiger partial charge in [-0.3, -0.25) is 9.59 Å². The molecule has 3 aliphatic rings. The number of ether oxygens (including phenoxy) is 2. The third kappa shape index (κ3) is 2.54. The van der Waals surface area contributed by atoms with Gasteiger partial charge in [0.15, 0.2) is 0 Å². The topological polar surface area (TPSA) is 81.0 Å². The highest BCUT2D eigenvalue weighted by Gasteiger charge is 2.66. The Kier molecular flexibility index (Phi) is 3.80. The molecule has 2 bridgehead atoms. The molecule has 1 aromatic heterocycles. The maximum Gasteiger partial charge on any atom is 0.231 e. The van der Waals surface area contributed by atoms with Crippen molar-refractivity contribution in [1.82, 2.24) is 4.90 Å². The van der Waals surface area contributed by atoms with Crippen LogP contribution >= 0.6 is 0 Å². The lowest BCUT2D eigenvalue weighted by Gasteiger charge is -2.23. The summed E-state index contributed by atoms with van der Waals surface area (Å²) in [4.78, 5) is 27.9. The normalized spacial score (nSPS) is 30.0. The van der Waals surface area contributed by atoms with E-state index in [1.807, 2.05) is 18.2 Å². The number of anilines is 1. The number of rotatable bonds is 5. The van der Waals surface area contributed by atoms with Crippen LogP contribution in [-0.4, -0.2) is 42.1 Å². The number of carbonyl (C=O) groups excluding carboxylic acids is 2. The molecule has 1 aromatic carbocycles. The second kappa shape index (κ2) is 6.24. The van der Waals surface area contributed by atoms with E-state index in [0.717, 1.165) is 0 Å². The van der Waals surface area contributed by atoms with Crippen molar-refractivity contribution in [3.63, 3.8) is 0 Å². The summed E-state index contributed by atoms with van der Waals surface area (Å²) in [5.41, 5.74) is -0.104. The molecule has 1 N–H and O–H groups in total. The third-order valence-electron chi connectivity index (χ3n) is 5.75. The van der Waals surface area contributed by atoms with Gasteiger partial charge in [-0.15, -0.1) is 0 Å². The lowest BCUT2D eigenvalue weighted by molar-refractivity contribution is -0.136. The smallest absolute Gasteiger partial charge is 0.231 e. The van der Waals surface area contributed by atoms with E-state index in [1.165, 1.54) is 0 Å². The van der Waals surface area contributed by atoms with Gasteiger partial charge in [0.2, 0.25) is 11.8 Å². The number of furan rings is 1. The van der Waals surface area contributed by atoms with Crippen molar-refractivity contribution in [3.8, 4) is 5.75 Å². The first-order valence-corrected chi connectivity index (χ1v) is 9.23. The first kappa shape index (κ1) is 17.1. The summed E-state index contributed by atoms with van der Waals surface area (Å²) < 4.78 is 16.7. The van der Waals surface area contributed by atoms with Gasteiger partial charge in [-0.05, 0) is 24.3 Å². The summed E-state index contributed by atoms with van der Waals surface area (Å²) in [5, 5.41) is 2.91. The molecule has 2 saturated heterocycles. The van der Waals surface area contributed by atoms with Gasteiger partial charge >= 0.3 is 0 Å². The molecule has 2 aromatic rings. The first-order chi connectivity index (χ1) is 13.6. The molecule has 28 heavy (non-hydrogen) atoms. The van der Waals surface area contributed by atoms with E-state index < -0.39 is 17.4 Å². The van der Waals surface area contributed by atoms with Crippen molar-refractivity contribution in [2.24, 2.45) is 11.8 Å². The van der Waals surface area contributed by atoms with Crippen LogP contribution in [0.2, 0.25) is 0 Å². The molecule has 0 radical (unpaired) electrons. The Morgan fingerprint density at radius 2 is 2.25 bits per heavy atom. The molecule has 0 unspecified atom stereocenters. The minimum Gasteiger partial charge on any atom is -0.497 e. The first-order valence-electron chi connectivity index (χ1n) is 9.23. The van der Waals surface area contributed by atoms with Gasteiger partial charge in [-0.25, -0.2) is 0 Å². The van der Waals surface area contributed by atoms with Crippen LogP contribution < -0.4 is 10.1 Å². The third-order valence-corrected chi connectivity index (χ3v) is 5.75. The van der Waals surface area contributed by atoms with Crippen molar-refractivity contribution in [2.75, 3.05) is 19.0 Å². The number of fused-ring (bicyclic) bond motifs is 1. The predicted molar refractivity (Wildman–Crippen MR) is 99.5 cm³/mol. The Bertz CT molecular complexity index is 953. The molecule has 1 spiro atoms. The Labute approximate surface area is 161 Å². The zero-order valence-electron chi connectivity index (χ0n) is 15.3. The summed E-state index contributed by atoms with van der Waals surface area (Å²) in [7, 11) is 1.57. The highest BCUT2D eigenvalue weighted by atomic mass is 16.5. The number of hydrogen-bond acceptors (Lipinski definition) is 5. The van der Waals surface area contributed by atoms with Crippen LogP contribution in [-0.2, 0) is 20.9 Å². The summed E-state index contributed by atoms with van der Waals surface area (Å²) in [6, 6.07) is 10.8. The molecule has 4 atom stereocenters. The zero-order chi connectivity index (χ0) is 19.3. The van der Waals surface area contributed by atoms with Crippen LogP contribution in [0.3, 0.4) is 0 Å². The minimum atomic E-state index is -0.731. The zero-order valence-corrected chi connectivity index (χ0v) is 15.3. The van der Waals surface area contributed by atoms with Crippen molar-refractivity contribution in [2.45, 2.75) is 18.2 Å². The van der Waals surface area contributed by atoms with E-state index in [9.17, 15) is 9.59 Å². The highest BCUT2D eigenvalue weighted by Crippen LogP contribution is 2.52. The molecule has 4 heterocycles. The molecule has 2 fully saturated rings. The van der Waals surface area contributed by atoms with Gasteiger partial charge < -0.3 is 24.1 Å². The molecule has 2 amide bonds. The monoisotopic (exact) mass is 380 g/mol. The summed E-state index contributed by atoms with van der Waals surface area (Å²) in [6.45, 7) is 0.795. The van der Waals surface area contributed by atoms with Crippen LogP contribution in [0.25, 0.3) is 0 Å². The Morgan fingerprint density at radius 1 is 1.36 bits per heavy atom. The summed E-state index contributed by atoms with van der Waals surface area (Å²) in [6.07, 6.45) is 5.04. The predicted octanol–water partition coefficient (Wildman–Crippen LogP) is 2.21. The molecule has 3 aliphatic heterocycles. The van der Waals surface area contributed by atoms with Crippen molar-refractivity contribution >= 4 is 17.5 Å². The van der Waals surface area contributed by atoms with Crippen molar-refractivity contribution < 1.29 is 23.5 Å². The van der Waals surface area contributed by atoms with E-state index in [0.29, 0.717) is 30.3 Å². The van der Waals surface area contributed by atoms with Gasteiger partial charge in [0.05, 0.1) is 44.4 Å². The van der Waals surface area contributed by atoms with Gasteiger partial charge in [0.1, 0.15) is 17.1 Å². The van der Waals surface area contributed by atoms with Gasteiger partial charge in [0, 0.05) is 11.8 Å². The maximum absolute atomic E-state index is 13.1. The van der Waals surface area contributed by atoms with Crippen LogP contribution in [0, 0.1) is 11.8 Å². The standard InChI is InChI=1S/C21H20N2O5/c1-26-14-5-2-4-13(10-14)22-19(24)17-16-7-8-21(28-16)12-23(20(25)18(17)21)11-15-6-3-9-27-15/h2-10,16-18H,11-12H2,1H3,(H,22,24)/t16-,17+,18-,21+/m0/s1. The lowest BCUT2D eigenvalue weighted by Crippen LogP contribution is -2.41. The van der Waals surface area contributed by atoms with Crippen molar-refractivity contribution in [3.05, 3.63) is 60.6 Å². The fourth-order valence-corrected chi connectivity index (χ4v) is 4.53. The average molecular weight is 380 g/mol. The number of methoxy groups -OCH3 is 1. The molecule has 0 saturated carbocycles. The molecular weight excluding hydrogens is 360 g/mol. The number of nitrogens with one attached hydrogen (secondary N) is 1. The quantitative estimate of drug-likeness (QED) is 0.805. The Hall–Kier alpha value is -3.06. The number of benzene rings is 1. The molecule has 7 nitrogen and oxygen atoms in total. The second-order valence-corrected chi connectivity index (χ2v) is 7.39. The molecule has 0 aliphatic carbocycles. The van der Waals surface area contributed by atoms with Gasteiger partial charge in [0.25, 0.3) is 0 Å².